The van der Waals surface area contributed by atoms with Crippen LogP contribution in [0, 0.1) is 0 Å². The van der Waals surface area contributed by atoms with Gasteiger partial charge >= 0.3 is 0 Å². The van der Waals surface area contributed by atoms with Gasteiger partial charge in [-0.1, -0.05) is 12.1 Å². The summed E-state index contributed by atoms with van der Waals surface area (Å²) in [6, 6.07) is 4.97. The Labute approximate surface area is 164 Å². The smallest absolute Gasteiger partial charge is 0.251 e. The van der Waals surface area contributed by atoms with Crippen molar-refractivity contribution in [2.75, 3.05) is 26.7 Å². The van der Waals surface area contributed by atoms with Crippen LogP contribution in [0.3, 0.4) is 0 Å². The topological polar surface area (TPSA) is 125 Å². The predicted molar refractivity (Wildman–Crippen MR) is 103 cm³/mol. The molecule has 0 aromatic heterocycles. The summed E-state index contributed by atoms with van der Waals surface area (Å²) in [5.74, 6) is -1.18. The van der Waals surface area contributed by atoms with Gasteiger partial charge in [0.05, 0.1) is 11.4 Å². The van der Waals surface area contributed by atoms with Crippen molar-refractivity contribution in [2.24, 2.45) is 0 Å². The number of hydrogen-bond acceptors (Lipinski definition) is 5. The van der Waals surface area contributed by atoms with Gasteiger partial charge in [0.2, 0.25) is 21.8 Å². The first-order valence-corrected chi connectivity index (χ1v) is 10.3. The predicted octanol–water partition coefficient (Wildman–Crippen LogP) is -0.382. The molecule has 152 valence electrons. The first-order valence-electron chi connectivity index (χ1n) is 8.80. The van der Waals surface area contributed by atoms with E-state index < -0.39 is 22.0 Å². The Bertz CT molecular complexity index is 868. The second kappa shape index (κ2) is 9.47. The summed E-state index contributed by atoms with van der Waals surface area (Å²) in [4.78, 5) is 37.9. The van der Waals surface area contributed by atoms with Crippen LogP contribution in [0.4, 0.5) is 0 Å². The number of nitrogens with one attached hydrogen (secondary N) is 3. The molecule has 1 aromatic carbocycles. The second-order valence-electron chi connectivity index (χ2n) is 6.21. The lowest BCUT2D eigenvalue weighted by atomic mass is 10.2. The van der Waals surface area contributed by atoms with E-state index in [2.05, 4.69) is 21.9 Å². The van der Waals surface area contributed by atoms with Crippen LogP contribution < -0.4 is 15.4 Å². The van der Waals surface area contributed by atoms with E-state index in [4.69, 9.17) is 0 Å². The fourth-order valence-corrected chi connectivity index (χ4v) is 3.96. The molecule has 9 nitrogen and oxygen atoms in total. The van der Waals surface area contributed by atoms with E-state index in [1.165, 1.54) is 42.3 Å². The quantitative estimate of drug-likeness (QED) is 0.506. The second-order valence-corrected chi connectivity index (χ2v) is 7.98. The van der Waals surface area contributed by atoms with Crippen LogP contribution in [-0.4, -0.2) is 63.8 Å². The Morgan fingerprint density at radius 1 is 1.32 bits per heavy atom. The Morgan fingerprint density at radius 3 is 2.75 bits per heavy atom. The zero-order chi connectivity index (χ0) is 20.7. The lowest BCUT2D eigenvalue weighted by molar-refractivity contribution is -0.137. The molecule has 1 aliphatic rings. The molecule has 1 saturated heterocycles. The Balaban J connectivity index is 2.01. The molecule has 3 N–H and O–H groups in total. The first-order chi connectivity index (χ1) is 13.3. The van der Waals surface area contributed by atoms with Gasteiger partial charge in [-0.3, -0.25) is 14.4 Å². The third-order valence-electron chi connectivity index (χ3n) is 4.35. The SMILES string of the molecule is C=CCNS(=O)(=O)c1cccc(C(=O)NCC(=O)N2CCCC2C(=O)NC)c1. The van der Waals surface area contributed by atoms with E-state index >= 15 is 0 Å². The highest BCUT2D eigenvalue weighted by Crippen LogP contribution is 2.17. The third kappa shape index (κ3) is 5.17. The Kier molecular flexibility index (Phi) is 7.30. The van der Waals surface area contributed by atoms with Gasteiger partial charge in [-0.15, -0.1) is 6.58 Å². The number of rotatable bonds is 8. The van der Waals surface area contributed by atoms with Crippen LogP contribution in [0.1, 0.15) is 23.2 Å². The van der Waals surface area contributed by atoms with Crippen molar-refractivity contribution < 1.29 is 22.8 Å². The zero-order valence-electron chi connectivity index (χ0n) is 15.6. The molecular weight excluding hydrogens is 384 g/mol. The Morgan fingerprint density at radius 2 is 2.07 bits per heavy atom. The summed E-state index contributed by atoms with van der Waals surface area (Å²) in [6.07, 6.45) is 2.70. The van der Waals surface area contributed by atoms with E-state index in [0.717, 1.165) is 6.42 Å². The number of likely N-dealkylation sites (N-methyl/N-ethyl adjacent to an activating group) is 1. The number of amides is 3. The number of nitrogens with zero attached hydrogens (tertiary/aromatic N) is 1. The summed E-state index contributed by atoms with van der Waals surface area (Å²) in [6.45, 7) is 3.69. The summed E-state index contributed by atoms with van der Waals surface area (Å²) >= 11 is 0. The summed E-state index contributed by atoms with van der Waals surface area (Å²) < 4.78 is 26.6. The molecule has 1 aliphatic heterocycles. The lowest BCUT2D eigenvalue weighted by Crippen LogP contribution is -2.48. The summed E-state index contributed by atoms with van der Waals surface area (Å²) in [5.41, 5.74) is 0.110. The van der Waals surface area contributed by atoms with Crippen LogP contribution in [0.25, 0.3) is 0 Å². The minimum Gasteiger partial charge on any atom is -0.357 e. The molecular formula is C18H24N4O5S. The average Bonchev–Trinajstić information content (AvgIpc) is 3.19. The third-order valence-corrected chi connectivity index (χ3v) is 5.77. The van der Waals surface area contributed by atoms with E-state index in [1.54, 1.807) is 0 Å². The van der Waals surface area contributed by atoms with E-state index in [-0.39, 0.29) is 35.4 Å². The number of likely N-dealkylation sites (tertiary alicyclic amines) is 1. The molecule has 0 spiro atoms. The zero-order valence-corrected chi connectivity index (χ0v) is 16.4. The molecule has 1 heterocycles. The van der Waals surface area contributed by atoms with Gasteiger partial charge in [0.1, 0.15) is 6.04 Å². The number of hydrogen-bond donors (Lipinski definition) is 3. The highest BCUT2D eigenvalue weighted by atomic mass is 32.2. The highest BCUT2D eigenvalue weighted by molar-refractivity contribution is 7.89. The molecule has 1 atom stereocenters. The van der Waals surface area contributed by atoms with Gasteiger partial charge in [0.25, 0.3) is 5.91 Å². The molecule has 0 radical (unpaired) electrons. The fourth-order valence-electron chi connectivity index (χ4n) is 2.92. The monoisotopic (exact) mass is 408 g/mol. The maximum absolute atomic E-state index is 12.4. The molecule has 28 heavy (non-hydrogen) atoms. The Hall–Kier alpha value is -2.72. The van der Waals surface area contributed by atoms with Gasteiger partial charge in [-0.05, 0) is 31.0 Å². The maximum Gasteiger partial charge on any atom is 0.251 e. The number of sulfonamides is 1. The van der Waals surface area contributed by atoms with E-state index in [0.29, 0.717) is 13.0 Å². The summed E-state index contributed by atoms with van der Waals surface area (Å²) in [5, 5.41) is 5.01. The largest absolute Gasteiger partial charge is 0.357 e. The van der Waals surface area contributed by atoms with Crippen LogP contribution in [0.5, 0.6) is 0 Å². The van der Waals surface area contributed by atoms with Crippen molar-refractivity contribution in [1.82, 2.24) is 20.3 Å². The highest BCUT2D eigenvalue weighted by Gasteiger charge is 2.33. The maximum atomic E-state index is 12.4. The van der Waals surface area contributed by atoms with Gasteiger partial charge in [0.15, 0.2) is 0 Å². The van der Waals surface area contributed by atoms with Crippen LogP contribution in [-0.2, 0) is 19.6 Å². The number of benzene rings is 1. The molecule has 0 bridgehead atoms. The molecule has 1 unspecified atom stereocenters. The fraction of sp³-hybridized carbons (Fsp3) is 0.389. The van der Waals surface area contributed by atoms with Gasteiger partial charge in [-0.2, -0.15) is 0 Å². The van der Waals surface area contributed by atoms with Crippen molar-refractivity contribution in [2.45, 2.75) is 23.8 Å². The van der Waals surface area contributed by atoms with E-state index in [1.807, 2.05) is 0 Å². The minimum absolute atomic E-state index is 0.0625. The van der Waals surface area contributed by atoms with E-state index in [9.17, 15) is 22.8 Å². The molecule has 10 heteroatoms. The molecule has 1 aromatic rings. The molecule has 3 amide bonds. The standard InChI is InChI=1S/C18H24N4O5S/c1-3-9-21-28(26,27)14-7-4-6-13(11-14)17(24)20-12-16(23)22-10-5-8-15(22)18(25)19-2/h3-4,6-7,11,15,21H,1,5,8-10,12H2,2H3,(H,19,25)(H,20,24). The van der Waals surface area contributed by atoms with Crippen molar-refractivity contribution >= 4 is 27.7 Å². The minimum atomic E-state index is -3.76. The molecule has 2 rings (SSSR count). The first kappa shape index (κ1) is 21.6. The van der Waals surface area contributed by atoms with Crippen molar-refractivity contribution in [3.63, 3.8) is 0 Å². The van der Waals surface area contributed by atoms with Crippen molar-refractivity contribution in [3.05, 3.63) is 42.5 Å². The molecule has 0 aliphatic carbocycles. The number of carbonyl (C=O) groups excluding carboxylic acids is 3. The van der Waals surface area contributed by atoms with Crippen LogP contribution in [0.15, 0.2) is 41.8 Å². The van der Waals surface area contributed by atoms with Crippen molar-refractivity contribution in [3.8, 4) is 0 Å². The molecule has 1 fully saturated rings. The molecule has 0 saturated carbocycles. The van der Waals surface area contributed by atoms with Gasteiger partial charge < -0.3 is 15.5 Å². The van der Waals surface area contributed by atoms with Gasteiger partial charge in [0, 0.05) is 25.7 Å². The lowest BCUT2D eigenvalue weighted by Gasteiger charge is -2.23. The van der Waals surface area contributed by atoms with Crippen molar-refractivity contribution in [1.29, 1.82) is 0 Å². The van der Waals surface area contributed by atoms with Gasteiger partial charge in [-0.25, -0.2) is 13.1 Å². The number of carbonyl (C=O) groups is 3. The van der Waals surface area contributed by atoms with Crippen LogP contribution in [0.2, 0.25) is 0 Å². The normalized spacial score (nSPS) is 16.5. The van der Waals surface area contributed by atoms with Crippen LogP contribution >= 0.6 is 0 Å². The summed E-state index contributed by atoms with van der Waals surface area (Å²) in [7, 11) is -2.25. The average molecular weight is 408 g/mol.